The summed E-state index contributed by atoms with van der Waals surface area (Å²) in [6, 6.07) is 6.33. The van der Waals surface area contributed by atoms with Crippen molar-refractivity contribution in [1.82, 2.24) is 9.55 Å². The van der Waals surface area contributed by atoms with Crippen LogP contribution >= 0.6 is 0 Å². The molecule has 0 unspecified atom stereocenters. The zero-order valence-electron chi connectivity index (χ0n) is 9.61. The van der Waals surface area contributed by atoms with Crippen LogP contribution in [0.1, 0.15) is 11.4 Å². The Labute approximate surface area is 95.6 Å². The van der Waals surface area contributed by atoms with Crippen LogP contribution in [0.15, 0.2) is 30.9 Å². The molecule has 84 valence electrons. The Balaban J connectivity index is 2.60. The van der Waals surface area contributed by atoms with Gasteiger partial charge in [-0.2, -0.15) is 0 Å². The van der Waals surface area contributed by atoms with Crippen molar-refractivity contribution in [2.24, 2.45) is 5.73 Å². The molecule has 3 nitrogen and oxygen atoms in total. The van der Waals surface area contributed by atoms with Crippen molar-refractivity contribution in [3.63, 3.8) is 0 Å². The third kappa shape index (κ3) is 1.86. The first-order valence-corrected chi connectivity index (χ1v) is 5.53. The minimum absolute atomic E-state index is 0.624. The van der Waals surface area contributed by atoms with E-state index in [4.69, 9.17) is 5.73 Å². The third-order valence-corrected chi connectivity index (χ3v) is 2.66. The molecule has 0 aliphatic rings. The fourth-order valence-corrected chi connectivity index (χ4v) is 1.94. The molecule has 16 heavy (non-hydrogen) atoms. The normalized spacial score (nSPS) is 10.9. The number of nitrogens with two attached hydrogens (primary N) is 1. The summed E-state index contributed by atoms with van der Waals surface area (Å²) in [4.78, 5) is 4.62. The largest absolute Gasteiger partial charge is 0.330 e. The van der Waals surface area contributed by atoms with E-state index in [1.165, 1.54) is 5.56 Å². The Morgan fingerprint density at radius 3 is 3.00 bits per heavy atom. The number of benzene rings is 1. The van der Waals surface area contributed by atoms with Crippen LogP contribution in [0.2, 0.25) is 0 Å². The summed E-state index contributed by atoms with van der Waals surface area (Å²) in [5.74, 6) is 1.04. The lowest BCUT2D eigenvalue weighted by molar-refractivity contribution is 0.748. The molecular formula is C13H17N3. The lowest BCUT2D eigenvalue weighted by Gasteiger charge is -2.04. The zero-order chi connectivity index (χ0) is 11.5. The number of aromatic nitrogens is 2. The minimum atomic E-state index is 0.624. The predicted octanol–water partition coefficient (Wildman–Crippen LogP) is 2.03. The van der Waals surface area contributed by atoms with E-state index >= 15 is 0 Å². The molecule has 2 N–H and O–H groups in total. The van der Waals surface area contributed by atoms with Gasteiger partial charge in [-0.1, -0.05) is 12.1 Å². The van der Waals surface area contributed by atoms with Gasteiger partial charge in [0.05, 0.1) is 11.0 Å². The van der Waals surface area contributed by atoms with Crippen LogP contribution in [0, 0.1) is 6.92 Å². The molecule has 1 aromatic carbocycles. The molecule has 2 rings (SSSR count). The van der Waals surface area contributed by atoms with Gasteiger partial charge in [-0.05, 0) is 31.2 Å². The molecular weight excluding hydrogens is 198 g/mol. The van der Waals surface area contributed by atoms with Gasteiger partial charge in [-0.3, -0.25) is 0 Å². The number of nitrogens with zero attached hydrogens (tertiary/aromatic N) is 2. The Morgan fingerprint density at radius 2 is 2.31 bits per heavy atom. The quantitative estimate of drug-likeness (QED) is 0.793. The second-order valence-electron chi connectivity index (χ2n) is 3.96. The second kappa shape index (κ2) is 4.49. The number of aryl methyl sites for hydroxylation is 1. The van der Waals surface area contributed by atoms with E-state index in [1.54, 1.807) is 0 Å². The summed E-state index contributed by atoms with van der Waals surface area (Å²) in [6.45, 7) is 7.27. The van der Waals surface area contributed by atoms with Crippen molar-refractivity contribution in [3.8, 4) is 0 Å². The van der Waals surface area contributed by atoms with Crippen LogP contribution in [-0.2, 0) is 13.0 Å². The van der Waals surface area contributed by atoms with Gasteiger partial charge in [0.25, 0.3) is 0 Å². The van der Waals surface area contributed by atoms with Gasteiger partial charge >= 0.3 is 0 Å². The van der Waals surface area contributed by atoms with Crippen molar-refractivity contribution >= 4 is 11.0 Å². The van der Waals surface area contributed by atoms with Crippen molar-refractivity contribution in [3.05, 3.63) is 42.2 Å². The first-order valence-electron chi connectivity index (χ1n) is 5.53. The average Bonchev–Trinajstić information content (AvgIpc) is 2.57. The molecule has 0 atom stereocenters. The van der Waals surface area contributed by atoms with Gasteiger partial charge in [-0.25, -0.2) is 4.98 Å². The van der Waals surface area contributed by atoms with Crippen LogP contribution in [0.3, 0.4) is 0 Å². The fraction of sp³-hybridized carbons (Fsp3) is 0.308. The van der Waals surface area contributed by atoms with Gasteiger partial charge in [0, 0.05) is 13.0 Å². The summed E-state index contributed by atoms with van der Waals surface area (Å²) >= 11 is 0. The first kappa shape index (κ1) is 10.9. The van der Waals surface area contributed by atoms with Crippen molar-refractivity contribution < 1.29 is 0 Å². The lowest BCUT2D eigenvalue weighted by Crippen LogP contribution is -2.09. The number of hydrogen-bond acceptors (Lipinski definition) is 2. The van der Waals surface area contributed by atoms with Crippen molar-refractivity contribution in [2.45, 2.75) is 19.9 Å². The van der Waals surface area contributed by atoms with Crippen LogP contribution in [0.4, 0.5) is 0 Å². The SMILES string of the molecule is C=CCn1c(CCN)nc2cc(C)ccc21. The number of allylic oxidation sites excluding steroid dienone is 1. The van der Waals surface area contributed by atoms with Gasteiger partial charge in [0.1, 0.15) is 5.82 Å². The van der Waals surface area contributed by atoms with E-state index in [9.17, 15) is 0 Å². The molecule has 0 aliphatic carbocycles. The highest BCUT2D eigenvalue weighted by atomic mass is 15.1. The Hall–Kier alpha value is -1.61. The van der Waals surface area contributed by atoms with Crippen LogP contribution in [0.25, 0.3) is 11.0 Å². The summed E-state index contributed by atoms with van der Waals surface area (Å²) in [5.41, 5.74) is 9.04. The fourth-order valence-electron chi connectivity index (χ4n) is 1.94. The van der Waals surface area contributed by atoms with E-state index in [1.807, 2.05) is 6.08 Å². The highest BCUT2D eigenvalue weighted by Gasteiger charge is 2.08. The van der Waals surface area contributed by atoms with Crippen LogP contribution in [0.5, 0.6) is 0 Å². The van der Waals surface area contributed by atoms with Gasteiger partial charge in [-0.15, -0.1) is 6.58 Å². The molecule has 0 saturated carbocycles. The van der Waals surface area contributed by atoms with E-state index in [0.717, 1.165) is 29.8 Å². The summed E-state index contributed by atoms with van der Waals surface area (Å²) in [7, 11) is 0. The minimum Gasteiger partial charge on any atom is -0.330 e. The maximum absolute atomic E-state index is 5.60. The van der Waals surface area contributed by atoms with Gasteiger partial charge in [0.2, 0.25) is 0 Å². The molecule has 3 heteroatoms. The third-order valence-electron chi connectivity index (χ3n) is 2.66. The number of fused-ring (bicyclic) bond motifs is 1. The summed E-state index contributed by atoms with van der Waals surface area (Å²) in [6.07, 6.45) is 2.70. The highest BCUT2D eigenvalue weighted by Crippen LogP contribution is 2.18. The van der Waals surface area contributed by atoms with Crippen molar-refractivity contribution in [1.29, 1.82) is 0 Å². The average molecular weight is 215 g/mol. The molecule has 0 fully saturated rings. The summed E-state index contributed by atoms with van der Waals surface area (Å²) < 4.78 is 2.18. The van der Waals surface area contributed by atoms with E-state index in [2.05, 4.69) is 41.3 Å². The molecule has 0 aliphatic heterocycles. The topological polar surface area (TPSA) is 43.8 Å². The van der Waals surface area contributed by atoms with Gasteiger partial charge < -0.3 is 10.3 Å². The number of imidazole rings is 1. The van der Waals surface area contributed by atoms with E-state index in [0.29, 0.717) is 6.54 Å². The molecule has 0 bridgehead atoms. The van der Waals surface area contributed by atoms with Crippen molar-refractivity contribution in [2.75, 3.05) is 6.54 Å². The van der Waals surface area contributed by atoms with Gasteiger partial charge in [0.15, 0.2) is 0 Å². The highest BCUT2D eigenvalue weighted by molar-refractivity contribution is 5.77. The first-order chi connectivity index (χ1) is 7.76. The maximum Gasteiger partial charge on any atom is 0.111 e. The number of hydrogen-bond donors (Lipinski definition) is 1. The molecule has 1 aromatic heterocycles. The molecule has 0 spiro atoms. The smallest absolute Gasteiger partial charge is 0.111 e. The molecule has 1 heterocycles. The maximum atomic E-state index is 5.60. The monoisotopic (exact) mass is 215 g/mol. The van der Waals surface area contributed by atoms with E-state index in [-0.39, 0.29) is 0 Å². The Kier molecular flexibility index (Phi) is 3.06. The molecule has 2 aromatic rings. The Bertz CT molecular complexity index is 511. The molecule has 0 saturated heterocycles. The predicted molar refractivity (Wildman–Crippen MR) is 67.4 cm³/mol. The summed E-state index contributed by atoms with van der Waals surface area (Å²) in [5, 5.41) is 0. The number of rotatable bonds is 4. The standard InChI is InChI=1S/C13H17N3/c1-3-8-16-12-5-4-10(2)9-11(12)15-13(16)6-7-14/h3-5,9H,1,6-8,14H2,2H3. The van der Waals surface area contributed by atoms with Crippen LogP contribution in [-0.4, -0.2) is 16.1 Å². The second-order valence-corrected chi connectivity index (χ2v) is 3.96. The molecule has 0 radical (unpaired) electrons. The Morgan fingerprint density at radius 1 is 1.50 bits per heavy atom. The van der Waals surface area contributed by atoms with E-state index < -0.39 is 0 Å². The zero-order valence-corrected chi connectivity index (χ0v) is 9.61. The lowest BCUT2D eigenvalue weighted by atomic mass is 10.2. The molecule has 0 amide bonds. The van der Waals surface area contributed by atoms with Crippen LogP contribution < -0.4 is 5.73 Å².